The molecule has 0 radical (unpaired) electrons. The molecule has 2 unspecified atom stereocenters. The second-order valence-electron chi connectivity index (χ2n) is 12.9. The zero-order valence-corrected chi connectivity index (χ0v) is 24.6. The monoisotopic (exact) mass is 522 g/mol. The molecule has 2 aromatic rings. The number of benzene rings is 2. The summed E-state index contributed by atoms with van der Waals surface area (Å²) in [6, 6.07) is 12.0. The van der Waals surface area contributed by atoms with E-state index in [1.807, 2.05) is 24.3 Å². The van der Waals surface area contributed by atoms with Gasteiger partial charge in [0.2, 0.25) is 0 Å². The van der Waals surface area contributed by atoms with Gasteiger partial charge in [-0.15, -0.1) is 0 Å². The Morgan fingerprint density at radius 2 is 1.21 bits per heavy atom. The first kappa shape index (κ1) is 29.3. The van der Waals surface area contributed by atoms with Crippen LogP contribution in [0.15, 0.2) is 36.4 Å². The largest absolute Gasteiger partial charge is 0.203 e. The molecule has 0 N–H and O–H groups in total. The summed E-state index contributed by atoms with van der Waals surface area (Å²) < 4.78 is 30.8. The second kappa shape index (κ2) is 14.1. The van der Waals surface area contributed by atoms with Gasteiger partial charge in [0.15, 0.2) is 11.6 Å². The smallest absolute Gasteiger partial charge is 0.166 e. The molecule has 2 heteroatoms. The summed E-state index contributed by atoms with van der Waals surface area (Å²) in [6.45, 7) is 8.99. The number of halogens is 2. The van der Waals surface area contributed by atoms with Gasteiger partial charge in [0.1, 0.15) is 0 Å². The lowest BCUT2D eigenvalue weighted by Crippen LogP contribution is -2.20. The van der Waals surface area contributed by atoms with E-state index in [1.165, 1.54) is 82.6 Å². The third kappa shape index (κ3) is 7.08. The number of unbranched alkanes of at least 4 members (excludes halogenated alkanes) is 2. The van der Waals surface area contributed by atoms with E-state index < -0.39 is 11.6 Å². The first-order valence-electron chi connectivity index (χ1n) is 16.0. The average Bonchev–Trinajstić information content (AvgIpc) is 2.95. The molecule has 0 aliphatic heterocycles. The maximum atomic E-state index is 15.4. The Labute approximate surface area is 232 Å². The topological polar surface area (TPSA) is 0 Å². The van der Waals surface area contributed by atoms with Crippen LogP contribution in [0, 0.1) is 35.3 Å². The Hall–Kier alpha value is -1.70. The van der Waals surface area contributed by atoms with E-state index in [2.05, 4.69) is 39.8 Å². The van der Waals surface area contributed by atoms with Crippen molar-refractivity contribution in [3.63, 3.8) is 0 Å². The Morgan fingerprint density at radius 1 is 0.632 bits per heavy atom. The Kier molecular flexibility index (Phi) is 10.9. The van der Waals surface area contributed by atoms with E-state index in [-0.39, 0.29) is 5.92 Å². The van der Waals surface area contributed by atoms with Crippen LogP contribution in [-0.4, -0.2) is 0 Å². The van der Waals surface area contributed by atoms with Gasteiger partial charge < -0.3 is 0 Å². The van der Waals surface area contributed by atoms with Crippen molar-refractivity contribution in [3.8, 4) is 11.1 Å². The van der Waals surface area contributed by atoms with E-state index in [9.17, 15) is 0 Å². The van der Waals surface area contributed by atoms with Crippen LogP contribution in [-0.2, 0) is 0 Å². The van der Waals surface area contributed by atoms with E-state index >= 15 is 8.78 Å². The third-order valence-electron chi connectivity index (χ3n) is 10.5. The maximum absolute atomic E-state index is 15.4. The minimum absolute atomic E-state index is 0.0609. The summed E-state index contributed by atoms with van der Waals surface area (Å²) in [5.74, 6) is 2.18. The summed E-state index contributed by atoms with van der Waals surface area (Å²) in [6.07, 6.45) is 18.0. The molecule has 2 aliphatic rings. The Balaban J connectivity index is 1.38. The summed E-state index contributed by atoms with van der Waals surface area (Å²) in [5.41, 5.74) is 3.04. The van der Waals surface area contributed by atoms with Gasteiger partial charge in [0.25, 0.3) is 0 Å². The standard InChI is InChI=1S/C36H52F2/c1-5-7-8-10-28-13-17-31(18-14-28)26(4)33-23-24-34(36(38)35(33)37)32-21-19-30(20-22-32)25(3)29-15-11-27(9-6-2)12-16-29/h19-29,31H,5-18H2,1-4H3. The zero-order chi connectivity index (χ0) is 27.1. The van der Waals surface area contributed by atoms with Crippen molar-refractivity contribution in [2.45, 2.75) is 129 Å². The highest BCUT2D eigenvalue weighted by molar-refractivity contribution is 5.65. The zero-order valence-electron chi connectivity index (χ0n) is 24.6. The molecule has 210 valence electrons. The lowest BCUT2D eigenvalue weighted by molar-refractivity contribution is 0.233. The molecule has 0 bridgehead atoms. The first-order chi connectivity index (χ1) is 18.4. The van der Waals surface area contributed by atoms with Crippen LogP contribution >= 0.6 is 0 Å². The molecule has 2 aromatic carbocycles. The Bertz CT molecular complexity index is 977. The van der Waals surface area contributed by atoms with Crippen LogP contribution in [0.4, 0.5) is 8.78 Å². The SMILES string of the molecule is CCCCCC1CCC(C(C)c2ccc(-c3ccc(C(C)C4CCC(CCC)CC4)cc3)c(F)c2F)CC1. The molecule has 0 amide bonds. The van der Waals surface area contributed by atoms with Crippen molar-refractivity contribution >= 4 is 0 Å². The maximum Gasteiger partial charge on any atom is 0.166 e. The van der Waals surface area contributed by atoms with Crippen LogP contribution in [0.25, 0.3) is 11.1 Å². The molecule has 38 heavy (non-hydrogen) atoms. The summed E-state index contributed by atoms with van der Waals surface area (Å²) in [7, 11) is 0. The predicted octanol–water partition coefficient (Wildman–Crippen LogP) is 11.8. The van der Waals surface area contributed by atoms with Gasteiger partial charge in [-0.05, 0) is 77.9 Å². The molecule has 2 atom stereocenters. The average molecular weight is 523 g/mol. The van der Waals surface area contributed by atoms with E-state index in [0.717, 1.165) is 36.2 Å². The summed E-state index contributed by atoms with van der Waals surface area (Å²) in [5, 5.41) is 0. The van der Waals surface area contributed by atoms with Crippen LogP contribution in [0.1, 0.15) is 141 Å². The molecule has 0 spiro atoms. The second-order valence-corrected chi connectivity index (χ2v) is 12.9. The first-order valence-corrected chi connectivity index (χ1v) is 16.0. The van der Waals surface area contributed by atoms with E-state index in [4.69, 9.17) is 0 Å². The van der Waals surface area contributed by atoms with Crippen LogP contribution in [0.5, 0.6) is 0 Å². The van der Waals surface area contributed by atoms with Gasteiger partial charge in [-0.2, -0.15) is 0 Å². The van der Waals surface area contributed by atoms with E-state index in [0.29, 0.717) is 23.0 Å². The van der Waals surface area contributed by atoms with Crippen LogP contribution in [0.2, 0.25) is 0 Å². The summed E-state index contributed by atoms with van der Waals surface area (Å²) in [4.78, 5) is 0. The minimum atomic E-state index is -0.683. The molecule has 0 nitrogen and oxygen atoms in total. The van der Waals surface area contributed by atoms with Crippen molar-refractivity contribution < 1.29 is 8.78 Å². The van der Waals surface area contributed by atoms with Gasteiger partial charge in [0, 0.05) is 5.56 Å². The van der Waals surface area contributed by atoms with Gasteiger partial charge in [-0.3, -0.25) is 0 Å². The molecular formula is C36H52F2. The highest BCUT2D eigenvalue weighted by Crippen LogP contribution is 2.42. The number of rotatable bonds is 11. The van der Waals surface area contributed by atoms with Gasteiger partial charge in [-0.1, -0.05) is 128 Å². The predicted molar refractivity (Wildman–Crippen MR) is 159 cm³/mol. The number of hydrogen-bond donors (Lipinski definition) is 0. The van der Waals surface area contributed by atoms with Crippen molar-refractivity contribution in [2.75, 3.05) is 0 Å². The lowest BCUT2D eigenvalue weighted by Gasteiger charge is -2.33. The Morgan fingerprint density at radius 3 is 1.79 bits per heavy atom. The fourth-order valence-corrected chi connectivity index (χ4v) is 7.68. The van der Waals surface area contributed by atoms with Crippen LogP contribution < -0.4 is 0 Å². The molecule has 0 saturated heterocycles. The van der Waals surface area contributed by atoms with Crippen molar-refractivity contribution in [1.82, 2.24) is 0 Å². The summed E-state index contributed by atoms with van der Waals surface area (Å²) >= 11 is 0. The number of hydrogen-bond acceptors (Lipinski definition) is 0. The molecular weight excluding hydrogens is 470 g/mol. The van der Waals surface area contributed by atoms with Gasteiger partial charge >= 0.3 is 0 Å². The van der Waals surface area contributed by atoms with Gasteiger partial charge in [0.05, 0.1) is 0 Å². The molecule has 4 rings (SSSR count). The van der Waals surface area contributed by atoms with Crippen LogP contribution in [0.3, 0.4) is 0 Å². The fourth-order valence-electron chi connectivity index (χ4n) is 7.68. The van der Waals surface area contributed by atoms with Crippen molar-refractivity contribution in [3.05, 3.63) is 59.2 Å². The third-order valence-corrected chi connectivity index (χ3v) is 10.5. The highest BCUT2D eigenvalue weighted by atomic mass is 19.2. The molecule has 0 aromatic heterocycles. The molecule has 2 aliphatic carbocycles. The molecule has 0 heterocycles. The van der Waals surface area contributed by atoms with Crippen molar-refractivity contribution in [2.24, 2.45) is 23.7 Å². The lowest BCUT2D eigenvalue weighted by atomic mass is 9.73. The van der Waals surface area contributed by atoms with Crippen molar-refractivity contribution in [1.29, 1.82) is 0 Å². The normalized spacial score (nSPS) is 25.7. The van der Waals surface area contributed by atoms with E-state index in [1.54, 1.807) is 0 Å². The molecule has 2 fully saturated rings. The minimum Gasteiger partial charge on any atom is -0.203 e. The quantitative estimate of drug-likeness (QED) is 0.257. The highest BCUT2D eigenvalue weighted by Gasteiger charge is 2.29. The molecule has 2 saturated carbocycles. The van der Waals surface area contributed by atoms with Gasteiger partial charge in [-0.25, -0.2) is 8.78 Å². The fraction of sp³-hybridized carbons (Fsp3) is 0.667.